The van der Waals surface area contributed by atoms with Crippen LogP contribution >= 0.6 is 15.9 Å². The van der Waals surface area contributed by atoms with Gasteiger partial charge in [-0.05, 0) is 59.1 Å². The molecule has 0 aliphatic heterocycles. The fourth-order valence-corrected chi connectivity index (χ4v) is 3.35. The molecule has 0 aliphatic carbocycles. The summed E-state index contributed by atoms with van der Waals surface area (Å²) in [5, 5.41) is 0. The molecule has 7 heteroatoms. The first-order valence-corrected chi connectivity index (χ1v) is 8.33. The Morgan fingerprint density at radius 3 is 2.57 bits per heavy atom. The number of nitrogens with one attached hydrogen (secondary N) is 1. The summed E-state index contributed by atoms with van der Waals surface area (Å²) in [5.41, 5.74) is 7.91. The van der Waals surface area contributed by atoms with Gasteiger partial charge in [0, 0.05) is 10.2 Å². The molecule has 0 bridgehead atoms. The van der Waals surface area contributed by atoms with Crippen LogP contribution in [0.5, 0.6) is 0 Å². The minimum absolute atomic E-state index is 0.151. The third-order valence-electron chi connectivity index (χ3n) is 3.19. The Kier molecular flexibility index (Phi) is 4.25. The van der Waals surface area contributed by atoms with Gasteiger partial charge in [0.05, 0.1) is 5.69 Å². The second-order valence-corrected chi connectivity index (χ2v) is 7.16. The van der Waals surface area contributed by atoms with Crippen molar-refractivity contribution < 1.29 is 12.8 Å². The summed E-state index contributed by atoms with van der Waals surface area (Å²) in [7, 11) is -4.05. The van der Waals surface area contributed by atoms with Crippen LogP contribution in [0.15, 0.2) is 39.7 Å². The van der Waals surface area contributed by atoms with E-state index in [4.69, 9.17) is 5.73 Å². The van der Waals surface area contributed by atoms with Crippen LogP contribution in [-0.4, -0.2) is 8.42 Å². The minimum atomic E-state index is -4.05. The molecule has 0 spiro atoms. The molecule has 0 saturated carbocycles. The lowest BCUT2D eigenvalue weighted by Crippen LogP contribution is -2.16. The Morgan fingerprint density at radius 1 is 1.24 bits per heavy atom. The molecule has 112 valence electrons. The van der Waals surface area contributed by atoms with E-state index in [9.17, 15) is 12.8 Å². The molecule has 21 heavy (non-hydrogen) atoms. The molecule has 0 heterocycles. The van der Waals surface area contributed by atoms with Crippen molar-refractivity contribution in [2.24, 2.45) is 0 Å². The van der Waals surface area contributed by atoms with E-state index in [1.54, 1.807) is 19.1 Å². The van der Waals surface area contributed by atoms with Gasteiger partial charge in [0.15, 0.2) is 0 Å². The predicted molar refractivity (Wildman–Crippen MR) is 85.2 cm³/mol. The first kappa shape index (κ1) is 15.8. The number of anilines is 2. The number of halogens is 2. The Labute approximate surface area is 131 Å². The molecule has 0 unspecified atom stereocenters. The summed E-state index contributed by atoms with van der Waals surface area (Å²) in [5.74, 6) is -0.867. The van der Waals surface area contributed by atoms with Crippen molar-refractivity contribution >= 4 is 37.3 Å². The molecule has 0 saturated heterocycles. The van der Waals surface area contributed by atoms with Gasteiger partial charge < -0.3 is 5.73 Å². The SMILES string of the molecule is Cc1cccc(NS(=O)(=O)c2cc(N)c(Br)cc2F)c1C. The highest BCUT2D eigenvalue weighted by atomic mass is 79.9. The molecule has 2 rings (SSSR count). The Morgan fingerprint density at radius 2 is 1.90 bits per heavy atom. The minimum Gasteiger partial charge on any atom is -0.398 e. The van der Waals surface area contributed by atoms with Crippen LogP contribution in [0.3, 0.4) is 0 Å². The van der Waals surface area contributed by atoms with Crippen LogP contribution in [-0.2, 0) is 10.0 Å². The van der Waals surface area contributed by atoms with Crippen molar-refractivity contribution in [3.05, 3.63) is 51.7 Å². The van der Waals surface area contributed by atoms with Gasteiger partial charge in [0.1, 0.15) is 10.7 Å². The fraction of sp³-hybridized carbons (Fsp3) is 0.143. The van der Waals surface area contributed by atoms with Crippen LogP contribution in [0.25, 0.3) is 0 Å². The largest absolute Gasteiger partial charge is 0.398 e. The Balaban J connectivity index is 2.48. The summed E-state index contributed by atoms with van der Waals surface area (Å²) in [6.45, 7) is 3.66. The molecule has 3 N–H and O–H groups in total. The van der Waals surface area contributed by atoms with Gasteiger partial charge in [0.2, 0.25) is 0 Å². The number of aryl methyl sites for hydroxylation is 1. The average Bonchev–Trinajstić information content (AvgIpc) is 2.39. The van der Waals surface area contributed by atoms with E-state index in [1.165, 1.54) is 0 Å². The van der Waals surface area contributed by atoms with E-state index in [-0.39, 0.29) is 5.69 Å². The average molecular weight is 373 g/mol. The number of benzene rings is 2. The van der Waals surface area contributed by atoms with Crippen LogP contribution < -0.4 is 10.5 Å². The molecular weight excluding hydrogens is 359 g/mol. The molecule has 0 aromatic heterocycles. The number of nitrogens with two attached hydrogens (primary N) is 1. The van der Waals surface area contributed by atoms with Crippen molar-refractivity contribution in [2.75, 3.05) is 10.5 Å². The highest BCUT2D eigenvalue weighted by Gasteiger charge is 2.21. The molecule has 2 aromatic carbocycles. The zero-order chi connectivity index (χ0) is 15.8. The van der Waals surface area contributed by atoms with Gasteiger partial charge in [-0.3, -0.25) is 4.72 Å². The quantitative estimate of drug-likeness (QED) is 0.808. The summed E-state index contributed by atoms with van der Waals surface area (Å²) >= 11 is 3.05. The van der Waals surface area contributed by atoms with E-state index in [2.05, 4.69) is 20.7 Å². The lowest BCUT2D eigenvalue weighted by molar-refractivity contribution is 0.570. The molecule has 0 fully saturated rings. The summed E-state index contributed by atoms with van der Waals surface area (Å²) in [6, 6.07) is 7.34. The van der Waals surface area contributed by atoms with Crippen molar-refractivity contribution in [1.82, 2.24) is 0 Å². The lowest BCUT2D eigenvalue weighted by atomic mass is 10.1. The summed E-state index contributed by atoms with van der Waals surface area (Å²) in [4.78, 5) is -0.482. The third kappa shape index (κ3) is 3.19. The summed E-state index contributed by atoms with van der Waals surface area (Å²) in [6.07, 6.45) is 0. The predicted octanol–water partition coefficient (Wildman–Crippen LogP) is 3.59. The zero-order valence-electron chi connectivity index (χ0n) is 11.4. The normalized spacial score (nSPS) is 11.4. The number of rotatable bonds is 3. The van der Waals surface area contributed by atoms with Crippen molar-refractivity contribution in [2.45, 2.75) is 18.7 Å². The van der Waals surface area contributed by atoms with Gasteiger partial charge in [-0.15, -0.1) is 0 Å². The van der Waals surface area contributed by atoms with E-state index < -0.39 is 20.7 Å². The van der Waals surface area contributed by atoms with Gasteiger partial charge in [-0.25, -0.2) is 12.8 Å². The number of hydrogen-bond donors (Lipinski definition) is 2. The number of hydrogen-bond acceptors (Lipinski definition) is 3. The Bertz CT molecular complexity index is 807. The third-order valence-corrected chi connectivity index (χ3v) is 5.26. The maximum absolute atomic E-state index is 13.9. The fourth-order valence-electron chi connectivity index (χ4n) is 1.81. The van der Waals surface area contributed by atoms with Gasteiger partial charge in [0.25, 0.3) is 10.0 Å². The van der Waals surface area contributed by atoms with Gasteiger partial charge >= 0.3 is 0 Å². The molecule has 0 atom stereocenters. The van der Waals surface area contributed by atoms with Crippen LogP contribution in [0.4, 0.5) is 15.8 Å². The highest BCUT2D eigenvalue weighted by molar-refractivity contribution is 9.10. The van der Waals surface area contributed by atoms with E-state index in [1.807, 2.05) is 13.0 Å². The monoisotopic (exact) mass is 372 g/mol. The van der Waals surface area contributed by atoms with E-state index in [0.717, 1.165) is 23.3 Å². The topological polar surface area (TPSA) is 72.2 Å². The van der Waals surface area contributed by atoms with Crippen molar-refractivity contribution in [3.63, 3.8) is 0 Å². The van der Waals surface area contributed by atoms with Gasteiger partial charge in [-0.1, -0.05) is 12.1 Å². The van der Waals surface area contributed by atoms with Gasteiger partial charge in [-0.2, -0.15) is 0 Å². The lowest BCUT2D eigenvalue weighted by Gasteiger charge is -2.13. The van der Waals surface area contributed by atoms with Crippen LogP contribution in [0, 0.1) is 19.7 Å². The molecule has 4 nitrogen and oxygen atoms in total. The number of sulfonamides is 1. The zero-order valence-corrected chi connectivity index (χ0v) is 13.8. The second-order valence-electron chi connectivity index (χ2n) is 4.66. The van der Waals surface area contributed by atoms with Crippen LogP contribution in [0.2, 0.25) is 0 Å². The molecular formula is C14H14BrFN2O2S. The van der Waals surface area contributed by atoms with Crippen LogP contribution in [0.1, 0.15) is 11.1 Å². The van der Waals surface area contributed by atoms with Crippen molar-refractivity contribution in [3.8, 4) is 0 Å². The second kappa shape index (κ2) is 5.65. The molecule has 0 aliphatic rings. The Hall–Kier alpha value is -1.60. The van der Waals surface area contributed by atoms with E-state index >= 15 is 0 Å². The highest BCUT2D eigenvalue weighted by Crippen LogP contribution is 2.28. The maximum atomic E-state index is 13.9. The standard InChI is InChI=1S/C14H14BrFN2O2S/c1-8-4-3-5-13(9(8)2)18-21(19,20)14-7-12(17)10(15)6-11(14)16/h3-7,18H,17H2,1-2H3. The number of nitrogen functional groups attached to an aromatic ring is 1. The first-order valence-electron chi connectivity index (χ1n) is 6.06. The summed E-state index contributed by atoms with van der Waals surface area (Å²) < 4.78 is 41.3. The van der Waals surface area contributed by atoms with E-state index in [0.29, 0.717) is 10.2 Å². The maximum Gasteiger partial charge on any atom is 0.264 e. The molecule has 2 aromatic rings. The molecule has 0 amide bonds. The molecule has 0 radical (unpaired) electrons. The smallest absolute Gasteiger partial charge is 0.264 e. The van der Waals surface area contributed by atoms with Crippen molar-refractivity contribution in [1.29, 1.82) is 0 Å². The first-order chi connectivity index (χ1) is 9.72.